The summed E-state index contributed by atoms with van der Waals surface area (Å²) in [6, 6.07) is 3.17. The van der Waals surface area contributed by atoms with Gasteiger partial charge in [0.2, 0.25) is 0 Å². The van der Waals surface area contributed by atoms with Crippen LogP contribution in [0.2, 0.25) is 0 Å². The van der Waals surface area contributed by atoms with Gasteiger partial charge in [-0.15, -0.1) is 0 Å². The van der Waals surface area contributed by atoms with Crippen molar-refractivity contribution in [2.75, 3.05) is 13.2 Å². The van der Waals surface area contributed by atoms with Gasteiger partial charge in [0.15, 0.2) is 0 Å². The number of aromatic carboxylic acids is 1. The molecule has 0 saturated carbocycles. The van der Waals surface area contributed by atoms with Crippen LogP contribution in [0.25, 0.3) is 0 Å². The van der Waals surface area contributed by atoms with Gasteiger partial charge in [-0.25, -0.2) is 14.4 Å². The molecule has 0 amide bonds. The zero-order chi connectivity index (χ0) is 28.7. The Morgan fingerprint density at radius 2 is 0.974 bits per heavy atom. The van der Waals surface area contributed by atoms with Gasteiger partial charge < -0.3 is 14.6 Å². The summed E-state index contributed by atoms with van der Waals surface area (Å²) in [5.41, 5.74) is 0.378. The molecule has 0 bridgehead atoms. The van der Waals surface area contributed by atoms with Crippen molar-refractivity contribution in [1.82, 2.24) is 0 Å². The molecule has 6 nitrogen and oxygen atoms in total. The Balaban J connectivity index is 2.96. The molecule has 1 aromatic rings. The van der Waals surface area contributed by atoms with Crippen LogP contribution in [0.4, 0.5) is 0 Å². The van der Waals surface area contributed by atoms with Crippen LogP contribution in [0.15, 0.2) is 12.1 Å². The van der Waals surface area contributed by atoms with E-state index in [1.807, 2.05) is 0 Å². The standard InChI is InChI=1S/C33H54O6/c1-4-7-10-13-16-19-22-27-25-28(31(34)35)30(33(37)39-24-21-18-15-12-9-6-3)29(26-27)32(36)38-23-20-17-14-11-8-5-2/h25-26H,4-24H2,1-3H3,(H,34,35). The van der Waals surface area contributed by atoms with Gasteiger partial charge >= 0.3 is 17.9 Å². The Kier molecular flexibility index (Phi) is 19.9. The van der Waals surface area contributed by atoms with Crippen LogP contribution in [-0.2, 0) is 15.9 Å². The number of hydrogen-bond acceptors (Lipinski definition) is 5. The fraction of sp³-hybridized carbons (Fsp3) is 0.727. The fourth-order valence-electron chi connectivity index (χ4n) is 4.75. The van der Waals surface area contributed by atoms with Gasteiger partial charge in [-0.1, -0.05) is 117 Å². The molecule has 0 saturated heterocycles. The van der Waals surface area contributed by atoms with E-state index in [0.717, 1.165) is 63.4 Å². The first kappa shape index (κ1) is 34.7. The summed E-state index contributed by atoms with van der Waals surface area (Å²) >= 11 is 0. The first-order valence-corrected chi connectivity index (χ1v) is 15.7. The van der Waals surface area contributed by atoms with Crippen LogP contribution in [-0.4, -0.2) is 36.2 Å². The second-order valence-electron chi connectivity index (χ2n) is 10.7. The maximum atomic E-state index is 13.1. The zero-order valence-corrected chi connectivity index (χ0v) is 25.0. The van der Waals surface area contributed by atoms with Gasteiger partial charge in [-0.3, -0.25) is 0 Å². The van der Waals surface area contributed by atoms with Crippen LogP contribution in [0.5, 0.6) is 0 Å². The number of unbranched alkanes of at least 4 members (excludes halogenated alkanes) is 15. The Bertz CT molecular complexity index is 832. The van der Waals surface area contributed by atoms with Gasteiger partial charge in [0, 0.05) is 0 Å². The normalized spacial score (nSPS) is 10.9. The molecule has 0 heterocycles. The van der Waals surface area contributed by atoms with E-state index < -0.39 is 17.9 Å². The molecule has 0 spiro atoms. The summed E-state index contributed by atoms with van der Waals surface area (Å²) in [4.78, 5) is 38.4. The van der Waals surface area contributed by atoms with Gasteiger partial charge in [-0.05, 0) is 43.4 Å². The number of carbonyl (C=O) groups excluding carboxylic acids is 2. The molecule has 0 fully saturated rings. The molecule has 0 aromatic heterocycles. The minimum atomic E-state index is -1.24. The van der Waals surface area contributed by atoms with Crippen molar-refractivity contribution in [2.45, 2.75) is 143 Å². The molecular weight excluding hydrogens is 492 g/mol. The number of aryl methyl sites for hydroxylation is 1. The zero-order valence-electron chi connectivity index (χ0n) is 25.0. The molecule has 6 heteroatoms. The minimum absolute atomic E-state index is 0.00908. The number of benzene rings is 1. The summed E-state index contributed by atoms with van der Waals surface area (Å²) in [6.07, 6.45) is 19.9. The number of carboxylic acid groups (broad SMARTS) is 1. The largest absolute Gasteiger partial charge is 0.478 e. The quantitative estimate of drug-likeness (QED) is 0.103. The van der Waals surface area contributed by atoms with E-state index in [9.17, 15) is 19.5 Å². The van der Waals surface area contributed by atoms with Crippen LogP contribution in [0.1, 0.15) is 173 Å². The molecule has 1 aromatic carbocycles. The summed E-state index contributed by atoms with van der Waals surface area (Å²) in [6.45, 7) is 6.97. The fourth-order valence-corrected chi connectivity index (χ4v) is 4.75. The number of carbonyl (C=O) groups is 3. The molecule has 39 heavy (non-hydrogen) atoms. The summed E-state index contributed by atoms with van der Waals surface area (Å²) in [5.74, 6) is -2.66. The molecule has 0 radical (unpaired) electrons. The number of rotatable bonds is 24. The summed E-state index contributed by atoms with van der Waals surface area (Å²) in [7, 11) is 0. The number of hydrogen-bond donors (Lipinski definition) is 1. The monoisotopic (exact) mass is 546 g/mol. The van der Waals surface area contributed by atoms with Crippen LogP contribution < -0.4 is 0 Å². The lowest BCUT2D eigenvalue weighted by Crippen LogP contribution is -2.20. The molecule has 0 aliphatic heterocycles. The lowest BCUT2D eigenvalue weighted by molar-refractivity contribution is 0.0445. The highest BCUT2D eigenvalue weighted by Crippen LogP contribution is 2.23. The van der Waals surface area contributed by atoms with Crippen molar-refractivity contribution in [3.05, 3.63) is 34.4 Å². The number of carboxylic acids is 1. The predicted molar refractivity (Wildman–Crippen MR) is 158 cm³/mol. The molecule has 222 valence electrons. The third-order valence-electron chi connectivity index (χ3n) is 7.13. The molecule has 1 N–H and O–H groups in total. The molecule has 0 aliphatic carbocycles. The summed E-state index contributed by atoms with van der Waals surface area (Å²) < 4.78 is 11.0. The van der Waals surface area contributed by atoms with Gasteiger partial charge in [0.25, 0.3) is 0 Å². The lowest BCUT2D eigenvalue weighted by Gasteiger charge is -2.15. The summed E-state index contributed by atoms with van der Waals surface area (Å²) in [5, 5.41) is 9.96. The molecule has 0 unspecified atom stereocenters. The van der Waals surface area contributed by atoms with Crippen LogP contribution in [0, 0.1) is 0 Å². The van der Waals surface area contributed by atoms with Crippen LogP contribution in [0.3, 0.4) is 0 Å². The Morgan fingerprint density at radius 3 is 1.46 bits per heavy atom. The van der Waals surface area contributed by atoms with E-state index in [2.05, 4.69) is 20.8 Å². The van der Waals surface area contributed by atoms with E-state index in [0.29, 0.717) is 12.8 Å². The predicted octanol–water partition coefficient (Wildman–Crippen LogP) is 9.32. The number of ether oxygens (including phenoxy) is 2. The molecular formula is C33H54O6. The smallest absolute Gasteiger partial charge is 0.339 e. The van der Waals surface area contributed by atoms with Gasteiger partial charge in [0.05, 0.1) is 29.9 Å². The third kappa shape index (κ3) is 15.1. The van der Waals surface area contributed by atoms with E-state index in [4.69, 9.17) is 9.47 Å². The molecule has 0 atom stereocenters. The highest BCUT2D eigenvalue weighted by Gasteiger charge is 2.27. The number of esters is 2. The lowest BCUT2D eigenvalue weighted by atomic mass is 9.94. The molecule has 0 aliphatic rings. The van der Waals surface area contributed by atoms with E-state index in [1.165, 1.54) is 57.4 Å². The van der Waals surface area contributed by atoms with Crippen molar-refractivity contribution in [3.8, 4) is 0 Å². The van der Waals surface area contributed by atoms with Crippen LogP contribution >= 0.6 is 0 Å². The van der Waals surface area contributed by atoms with Gasteiger partial charge in [0.1, 0.15) is 0 Å². The Labute approximate surface area is 237 Å². The van der Waals surface area contributed by atoms with Gasteiger partial charge in [-0.2, -0.15) is 0 Å². The minimum Gasteiger partial charge on any atom is -0.478 e. The third-order valence-corrected chi connectivity index (χ3v) is 7.13. The second-order valence-corrected chi connectivity index (χ2v) is 10.7. The molecule has 1 rings (SSSR count). The van der Waals surface area contributed by atoms with E-state index >= 15 is 0 Å². The first-order valence-electron chi connectivity index (χ1n) is 15.7. The maximum Gasteiger partial charge on any atom is 0.339 e. The average Bonchev–Trinajstić information content (AvgIpc) is 2.93. The topological polar surface area (TPSA) is 89.9 Å². The Morgan fingerprint density at radius 1 is 0.564 bits per heavy atom. The SMILES string of the molecule is CCCCCCCCOC(=O)c1cc(CCCCCCCC)cc(C(=O)O)c1C(=O)OCCCCCCCC. The van der Waals surface area contributed by atoms with E-state index in [1.54, 1.807) is 6.07 Å². The van der Waals surface area contributed by atoms with E-state index in [-0.39, 0.29) is 29.9 Å². The highest BCUT2D eigenvalue weighted by atomic mass is 16.5. The second kappa shape index (κ2) is 22.4. The van der Waals surface area contributed by atoms with Crippen molar-refractivity contribution in [2.24, 2.45) is 0 Å². The van der Waals surface area contributed by atoms with Crippen molar-refractivity contribution in [3.63, 3.8) is 0 Å². The average molecular weight is 547 g/mol. The van der Waals surface area contributed by atoms with Crippen molar-refractivity contribution < 1.29 is 29.0 Å². The maximum absolute atomic E-state index is 13.1. The van der Waals surface area contributed by atoms with Crippen molar-refractivity contribution >= 4 is 17.9 Å². The highest BCUT2D eigenvalue weighted by molar-refractivity contribution is 6.10. The first-order chi connectivity index (χ1) is 19.0. The Hall–Kier alpha value is -2.37. The van der Waals surface area contributed by atoms with Crippen molar-refractivity contribution in [1.29, 1.82) is 0 Å².